The summed E-state index contributed by atoms with van der Waals surface area (Å²) in [4.78, 5) is 21.0. The molecule has 1 amide bonds. The zero-order chi connectivity index (χ0) is 9.56. The first kappa shape index (κ1) is 14.4. The second-order valence-electron chi connectivity index (χ2n) is 2.44. The van der Waals surface area contributed by atoms with Crippen LogP contribution in [-0.2, 0) is 9.59 Å². The zero-order valence-electron chi connectivity index (χ0n) is 7.45. The van der Waals surface area contributed by atoms with Crippen molar-refractivity contribution in [2.45, 2.75) is 25.8 Å². The lowest BCUT2D eigenvalue weighted by molar-refractivity contribution is -0.138. The van der Waals surface area contributed by atoms with E-state index in [1.165, 1.54) is 0 Å². The molecule has 0 fully saturated rings. The maximum Gasteiger partial charge on any atom is 0.320 e. The molecule has 0 aliphatic carbocycles. The number of carboxylic acid groups (broad SMARTS) is 1. The average molecular weight is 194 g/mol. The average Bonchev–Trinajstić information content (AvgIpc) is 2.00. The second-order valence-corrected chi connectivity index (χ2v) is 2.44. The monoisotopic (exact) mass is 194 g/mol. The Balaban J connectivity index is 0. The molecule has 1 atom stereocenters. The van der Waals surface area contributed by atoms with Crippen molar-refractivity contribution in [3.63, 3.8) is 0 Å². The van der Waals surface area contributed by atoms with Gasteiger partial charge in [-0.3, -0.25) is 14.3 Å². The Morgan fingerprint density at radius 2 is 2.08 bits per heavy atom. The predicted molar refractivity (Wildman–Crippen MR) is 46.0 cm³/mol. The number of aliphatic carboxylic acids is 1. The van der Waals surface area contributed by atoms with Crippen LogP contribution in [0.4, 0.5) is 4.70 Å². The number of carbonyl (C=O) groups excluding carboxylic acids is 1. The standard InChI is InChI=1S/C7H14N2O3.FH/c1-2-9-6(10)4-3-5(8)7(11)12;/h5H,2-4,8H2,1H3,(H,9,10)(H,11,12);1H. The van der Waals surface area contributed by atoms with Crippen LogP contribution in [0.3, 0.4) is 0 Å². The smallest absolute Gasteiger partial charge is 0.320 e. The van der Waals surface area contributed by atoms with Gasteiger partial charge in [-0.15, -0.1) is 0 Å². The molecule has 0 aliphatic rings. The molecule has 0 saturated carbocycles. The number of hydrogen-bond acceptors (Lipinski definition) is 3. The first-order valence-corrected chi connectivity index (χ1v) is 3.83. The molecule has 0 radical (unpaired) electrons. The molecular formula is C7H15FN2O3. The van der Waals surface area contributed by atoms with Crippen LogP contribution in [0, 0.1) is 0 Å². The van der Waals surface area contributed by atoms with Gasteiger partial charge in [0.2, 0.25) is 5.91 Å². The highest BCUT2D eigenvalue weighted by molar-refractivity contribution is 5.78. The summed E-state index contributed by atoms with van der Waals surface area (Å²) in [6.07, 6.45) is 0.350. The van der Waals surface area contributed by atoms with Gasteiger partial charge in [0, 0.05) is 13.0 Å². The first-order valence-electron chi connectivity index (χ1n) is 3.83. The fourth-order valence-corrected chi connectivity index (χ4v) is 0.696. The molecule has 0 rings (SSSR count). The highest BCUT2D eigenvalue weighted by Crippen LogP contribution is 1.93. The summed E-state index contributed by atoms with van der Waals surface area (Å²) in [6.45, 7) is 2.36. The summed E-state index contributed by atoms with van der Waals surface area (Å²) in [5.74, 6) is -1.23. The van der Waals surface area contributed by atoms with Crippen LogP contribution in [0.5, 0.6) is 0 Å². The Kier molecular flexibility index (Phi) is 8.26. The number of carbonyl (C=O) groups is 2. The maximum atomic E-state index is 10.8. The summed E-state index contributed by atoms with van der Waals surface area (Å²) < 4.78 is 0. The Hall–Kier alpha value is -1.17. The van der Waals surface area contributed by atoms with Crippen LogP contribution in [0.15, 0.2) is 0 Å². The van der Waals surface area contributed by atoms with Gasteiger partial charge in [-0.05, 0) is 13.3 Å². The lowest BCUT2D eigenvalue weighted by Crippen LogP contribution is -2.32. The van der Waals surface area contributed by atoms with Crippen molar-refractivity contribution >= 4 is 11.9 Å². The van der Waals surface area contributed by atoms with Crippen LogP contribution in [-0.4, -0.2) is 29.6 Å². The van der Waals surface area contributed by atoms with Gasteiger partial charge in [0.25, 0.3) is 0 Å². The van der Waals surface area contributed by atoms with Crippen molar-refractivity contribution in [2.75, 3.05) is 6.54 Å². The molecule has 5 nitrogen and oxygen atoms in total. The molecular weight excluding hydrogens is 179 g/mol. The molecule has 6 heteroatoms. The fraction of sp³-hybridized carbons (Fsp3) is 0.714. The van der Waals surface area contributed by atoms with E-state index in [1.807, 2.05) is 0 Å². The molecule has 0 aromatic rings. The number of hydrogen-bond donors (Lipinski definition) is 3. The number of carboxylic acids is 1. The maximum absolute atomic E-state index is 10.8. The van der Waals surface area contributed by atoms with Gasteiger partial charge >= 0.3 is 5.97 Å². The van der Waals surface area contributed by atoms with Gasteiger partial charge in [-0.25, -0.2) is 0 Å². The molecule has 4 N–H and O–H groups in total. The van der Waals surface area contributed by atoms with Gasteiger partial charge in [-0.2, -0.15) is 0 Å². The van der Waals surface area contributed by atoms with Crippen molar-refractivity contribution in [1.82, 2.24) is 5.32 Å². The normalized spacial score (nSPS) is 11.2. The van der Waals surface area contributed by atoms with Crippen LogP contribution in [0.2, 0.25) is 0 Å². The van der Waals surface area contributed by atoms with E-state index >= 15 is 0 Å². The largest absolute Gasteiger partial charge is 0.480 e. The van der Waals surface area contributed by atoms with E-state index in [9.17, 15) is 9.59 Å². The Bertz CT molecular complexity index is 175. The van der Waals surface area contributed by atoms with Crippen molar-refractivity contribution < 1.29 is 19.4 Å². The van der Waals surface area contributed by atoms with E-state index in [2.05, 4.69) is 5.32 Å². The van der Waals surface area contributed by atoms with E-state index in [0.29, 0.717) is 6.54 Å². The number of rotatable bonds is 5. The van der Waals surface area contributed by atoms with Crippen molar-refractivity contribution in [2.24, 2.45) is 5.73 Å². The minimum Gasteiger partial charge on any atom is -0.480 e. The Labute approximate surface area is 75.7 Å². The fourth-order valence-electron chi connectivity index (χ4n) is 0.696. The lowest BCUT2D eigenvalue weighted by atomic mass is 10.1. The van der Waals surface area contributed by atoms with Gasteiger partial charge in [0.1, 0.15) is 6.04 Å². The summed E-state index contributed by atoms with van der Waals surface area (Å²) in [5.41, 5.74) is 5.18. The van der Waals surface area contributed by atoms with Gasteiger partial charge in [0.15, 0.2) is 0 Å². The Morgan fingerprint density at radius 1 is 1.54 bits per heavy atom. The third-order valence-electron chi connectivity index (χ3n) is 1.37. The van der Waals surface area contributed by atoms with Crippen LogP contribution in [0.25, 0.3) is 0 Å². The third kappa shape index (κ3) is 7.20. The topological polar surface area (TPSA) is 92.4 Å². The van der Waals surface area contributed by atoms with Crippen LogP contribution in [0.1, 0.15) is 19.8 Å². The highest BCUT2D eigenvalue weighted by atomic mass is 19.0. The van der Waals surface area contributed by atoms with E-state index in [1.54, 1.807) is 6.92 Å². The second kappa shape index (κ2) is 7.48. The molecule has 1 unspecified atom stereocenters. The lowest BCUT2D eigenvalue weighted by Gasteiger charge is -2.05. The van der Waals surface area contributed by atoms with Crippen molar-refractivity contribution in [3.8, 4) is 0 Å². The zero-order valence-corrected chi connectivity index (χ0v) is 7.45. The third-order valence-corrected chi connectivity index (χ3v) is 1.37. The molecule has 0 bridgehead atoms. The minimum absolute atomic E-state index is 0. The van der Waals surface area contributed by atoms with E-state index in [4.69, 9.17) is 10.8 Å². The predicted octanol–water partition coefficient (Wildman–Crippen LogP) is -0.533. The van der Waals surface area contributed by atoms with Gasteiger partial charge in [0.05, 0.1) is 0 Å². The Morgan fingerprint density at radius 3 is 2.46 bits per heavy atom. The number of halogens is 1. The highest BCUT2D eigenvalue weighted by Gasteiger charge is 2.12. The van der Waals surface area contributed by atoms with Gasteiger partial charge < -0.3 is 16.2 Å². The molecule has 0 aliphatic heterocycles. The van der Waals surface area contributed by atoms with Crippen LogP contribution < -0.4 is 11.1 Å². The minimum atomic E-state index is -1.07. The quantitative estimate of drug-likeness (QED) is 0.548. The van der Waals surface area contributed by atoms with Gasteiger partial charge in [-0.1, -0.05) is 0 Å². The molecule has 78 valence electrons. The molecule has 0 heterocycles. The van der Waals surface area contributed by atoms with E-state index in [0.717, 1.165) is 0 Å². The summed E-state index contributed by atoms with van der Waals surface area (Å²) in [5, 5.41) is 10.9. The van der Waals surface area contributed by atoms with Crippen LogP contribution >= 0.6 is 0 Å². The van der Waals surface area contributed by atoms with Crippen molar-refractivity contribution in [3.05, 3.63) is 0 Å². The molecule has 13 heavy (non-hydrogen) atoms. The molecule has 0 saturated heterocycles. The van der Waals surface area contributed by atoms with Crippen molar-refractivity contribution in [1.29, 1.82) is 0 Å². The number of amides is 1. The molecule has 0 aromatic carbocycles. The summed E-state index contributed by atoms with van der Waals surface area (Å²) >= 11 is 0. The summed E-state index contributed by atoms with van der Waals surface area (Å²) in [7, 11) is 0. The number of nitrogens with one attached hydrogen (secondary N) is 1. The number of nitrogens with two attached hydrogens (primary N) is 1. The van der Waals surface area contributed by atoms with E-state index < -0.39 is 12.0 Å². The molecule has 0 aromatic heterocycles. The molecule has 0 spiro atoms. The SMILES string of the molecule is CCNC(=O)CCC(N)C(=O)O.F. The summed E-state index contributed by atoms with van der Waals surface area (Å²) in [6, 6.07) is -0.937. The first-order chi connectivity index (χ1) is 5.57. The van der Waals surface area contributed by atoms with E-state index in [-0.39, 0.29) is 23.5 Å².